The van der Waals surface area contributed by atoms with Gasteiger partial charge in [-0.2, -0.15) is 24.4 Å². The Labute approximate surface area is 186 Å². The predicted octanol–water partition coefficient (Wildman–Crippen LogP) is -1.04. The van der Waals surface area contributed by atoms with Gasteiger partial charge in [-0.25, -0.2) is 4.79 Å². The number of hydrogen-bond donors (Lipinski definition) is 7. The first-order valence-corrected chi connectivity index (χ1v) is 11.6. The molecule has 12 heteroatoms. The van der Waals surface area contributed by atoms with Crippen molar-refractivity contribution in [1.29, 1.82) is 0 Å². The van der Waals surface area contributed by atoms with E-state index in [1.54, 1.807) is 0 Å². The average Bonchev–Trinajstić information content (AvgIpc) is 2.66. The van der Waals surface area contributed by atoms with E-state index < -0.39 is 54.0 Å². The third-order valence-corrected chi connectivity index (χ3v) is 5.21. The van der Waals surface area contributed by atoms with E-state index in [1.165, 1.54) is 18.7 Å². The van der Waals surface area contributed by atoms with Crippen LogP contribution in [0.4, 0.5) is 0 Å². The van der Waals surface area contributed by atoms with E-state index >= 15 is 0 Å². The number of carboxylic acid groups (broad SMARTS) is 1. The summed E-state index contributed by atoms with van der Waals surface area (Å²) in [6.45, 7) is 5.09. The van der Waals surface area contributed by atoms with E-state index in [0.29, 0.717) is 5.75 Å². The first kappa shape index (κ1) is 28.5. The largest absolute Gasteiger partial charge is 0.480 e. The van der Waals surface area contributed by atoms with Crippen molar-refractivity contribution in [3.8, 4) is 0 Å². The second kappa shape index (κ2) is 14.5. The van der Waals surface area contributed by atoms with Crippen LogP contribution in [0.1, 0.15) is 33.6 Å². The van der Waals surface area contributed by atoms with Gasteiger partial charge in [-0.3, -0.25) is 14.4 Å². The van der Waals surface area contributed by atoms with Gasteiger partial charge in [-0.05, 0) is 37.7 Å². The summed E-state index contributed by atoms with van der Waals surface area (Å²) >= 11 is 5.38. The van der Waals surface area contributed by atoms with E-state index in [2.05, 4.69) is 28.6 Å². The van der Waals surface area contributed by atoms with Crippen molar-refractivity contribution in [1.82, 2.24) is 16.0 Å². The lowest BCUT2D eigenvalue weighted by Crippen LogP contribution is -2.58. The Morgan fingerprint density at radius 2 is 1.47 bits per heavy atom. The van der Waals surface area contributed by atoms with Crippen molar-refractivity contribution in [2.75, 3.05) is 17.8 Å². The maximum atomic E-state index is 12.8. The fourth-order valence-electron chi connectivity index (χ4n) is 2.42. The number of thiol groups is 1. The van der Waals surface area contributed by atoms with Gasteiger partial charge >= 0.3 is 5.97 Å². The van der Waals surface area contributed by atoms with Crippen LogP contribution in [0.5, 0.6) is 0 Å². The molecule has 0 bridgehead atoms. The molecule has 0 saturated carbocycles. The quantitative estimate of drug-likeness (QED) is 0.159. The zero-order valence-corrected chi connectivity index (χ0v) is 19.5. The second-order valence-corrected chi connectivity index (χ2v) is 8.73. The van der Waals surface area contributed by atoms with E-state index in [9.17, 15) is 24.3 Å². The maximum Gasteiger partial charge on any atom is 0.327 e. The Morgan fingerprint density at radius 3 is 1.90 bits per heavy atom. The van der Waals surface area contributed by atoms with Crippen LogP contribution < -0.4 is 21.7 Å². The lowest BCUT2D eigenvalue weighted by Gasteiger charge is -2.26. The summed E-state index contributed by atoms with van der Waals surface area (Å²) in [5, 5.41) is 26.1. The highest BCUT2D eigenvalue weighted by Gasteiger charge is 2.30. The molecule has 0 aliphatic carbocycles. The molecular formula is C18H34N4O6S2. The number of hydrogen-bond acceptors (Lipinski definition) is 8. The first-order chi connectivity index (χ1) is 13.9. The molecule has 0 rings (SSSR count). The van der Waals surface area contributed by atoms with Gasteiger partial charge in [0.1, 0.15) is 24.2 Å². The van der Waals surface area contributed by atoms with E-state index in [4.69, 9.17) is 10.8 Å². The van der Waals surface area contributed by atoms with Crippen LogP contribution in [0.3, 0.4) is 0 Å². The van der Waals surface area contributed by atoms with Crippen LogP contribution in [-0.4, -0.2) is 81.9 Å². The highest BCUT2D eigenvalue weighted by molar-refractivity contribution is 7.98. The number of nitrogens with one attached hydrogen (secondary N) is 3. The molecule has 0 heterocycles. The molecule has 5 atom stereocenters. The number of amides is 3. The van der Waals surface area contributed by atoms with Crippen LogP contribution in [-0.2, 0) is 19.2 Å². The fourth-order valence-corrected chi connectivity index (χ4v) is 3.14. The molecule has 0 aromatic carbocycles. The molecule has 0 aromatic rings. The number of aliphatic hydroxyl groups is 1. The van der Waals surface area contributed by atoms with E-state index in [0.717, 1.165) is 0 Å². The average molecular weight is 467 g/mol. The Hall–Kier alpha value is -1.50. The number of rotatable bonds is 14. The molecule has 0 spiro atoms. The van der Waals surface area contributed by atoms with Gasteiger partial charge < -0.3 is 31.9 Å². The number of carboxylic acids is 1. The lowest BCUT2D eigenvalue weighted by molar-refractivity contribution is -0.141. The highest BCUT2D eigenvalue weighted by atomic mass is 32.2. The van der Waals surface area contributed by atoms with Crippen LogP contribution in [0.15, 0.2) is 0 Å². The zero-order valence-electron chi connectivity index (χ0n) is 17.8. The summed E-state index contributed by atoms with van der Waals surface area (Å²) in [4.78, 5) is 48.7. The number of nitrogens with two attached hydrogens (primary N) is 1. The minimum Gasteiger partial charge on any atom is -0.480 e. The molecule has 30 heavy (non-hydrogen) atoms. The smallest absolute Gasteiger partial charge is 0.327 e. The van der Waals surface area contributed by atoms with Gasteiger partial charge in [-0.1, -0.05) is 13.8 Å². The molecule has 0 aromatic heterocycles. The number of carbonyl (C=O) groups excluding carboxylic acids is 3. The number of aliphatic hydroxyl groups excluding tert-OH is 1. The van der Waals surface area contributed by atoms with Crippen LogP contribution in [0, 0.1) is 5.92 Å². The SMILES string of the molecule is CSCCC(NC(=O)C(CC(C)C)NC(=O)C(N)C(C)O)C(=O)NC(CS)C(=O)O. The third kappa shape index (κ3) is 10.5. The van der Waals surface area contributed by atoms with Gasteiger partial charge in [-0.15, -0.1) is 0 Å². The summed E-state index contributed by atoms with van der Waals surface area (Å²) in [6.07, 6.45) is 1.30. The van der Waals surface area contributed by atoms with Gasteiger partial charge in [0.2, 0.25) is 17.7 Å². The van der Waals surface area contributed by atoms with Crippen molar-refractivity contribution in [2.24, 2.45) is 11.7 Å². The maximum absolute atomic E-state index is 12.8. The standard InChI is InChI=1S/C18H34N4O6S2/c1-9(2)7-12(21-17(26)14(19)10(3)23)16(25)20-11(5-6-30-4)15(24)22-13(8-29)18(27)28/h9-14,23,29H,5-8,19H2,1-4H3,(H,20,25)(H,21,26)(H,22,24)(H,27,28). The van der Waals surface area contributed by atoms with Gasteiger partial charge in [0.05, 0.1) is 6.10 Å². The topological polar surface area (TPSA) is 171 Å². The molecular weight excluding hydrogens is 432 g/mol. The van der Waals surface area contributed by atoms with Gasteiger partial charge in [0, 0.05) is 5.75 Å². The van der Waals surface area contributed by atoms with Crippen molar-refractivity contribution < 1.29 is 29.4 Å². The summed E-state index contributed by atoms with van der Waals surface area (Å²) in [7, 11) is 0. The highest BCUT2D eigenvalue weighted by Crippen LogP contribution is 2.08. The predicted molar refractivity (Wildman–Crippen MR) is 119 cm³/mol. The minimum atomic E-state index is -1.23. The molecule has 0 aliphatic rings. The molecule has 5 unspecified atom stereocenters. The van der Waals surface area contributed by atoms with Crippen molar-refractivity contribution in [3.63, 3.8) is 0 Å². The Balaban J connectivity index is 5.37. The minimum absolute atomic E-state index is 0.0443. The zero-order chi connectivity index (χ0) is 23.4. The molecule has 0 fully saturated rings. The van der Waals surface area contributed by atoms with Gasteiger partial charge in [0.25, 0.3) is 0 Å². The Bertz CT molecular complexity index is 591. The summed E-state index contributed by atoms with van der Waals surface area (Å²) < 4.78 is 0. The molecule has 3 amide bonds. The molecule has 10 nitrogen and oxygen atoms in total. The molecule has 174 valence electrons. The third-order valence-electron chi connectivity index (χ3n) is 4.20. The first-order valence-electron chi connectivity index (χ1n) is 9.61. The molecule has 7 N–H and O–H groups in total. The van der Waals surface area contributed by atoms with Crippen molar-refractivity contribution >= 4 is 48.1 Å². The molecule has 0 aliphatic heterocycles. The summed E-state index contributed by atoms with van der Waals surface area (Å²) in [6, 6.07) is -4.34. The number of thioether (sulfide) groups is 1. The second-order valence-electron chi connectivity index (χ2n) is 7.38. The normalized spacial score (nSPS) is 16.1. The van der Waals surface area contributed by atoms with Crippen LogP contribution in [0.2, 0.25) is 0 Å². The van der Waals surface area contributed by atoms with Crippen LogP contribution >= 0.6 is 24.4 Å². The molecule has 0 saturated heterocycles. The Morgan fingerprint density at radius 1 is 0.967 bits per heavy atom. The Kier molecular flexibility index (Phi) is 13.8. The molecule has 0 radical (unpaired) electrons. The summed E-state index contributed by atoms with van der Waals surface area (Å²) in [5.74, 6) is -2.66. The van der Waals surface area contributed by atoms with Crippen molar-refractivity contribution in [2.45, 2.75) is 63.9 Å². The summed E-state index contributed by atoms with van der Waals surface area (Å²) in [5.41, 5.74) is 5.63. The van der Waals surface area contributed by atoms with E-state index in [1.807, 2.05) is 20.1 Å². The van der Waals surface area contributed by atoms with Crippen molar-refractivity contribution in [3.05, 3.63) is 0 Å². The lowest BCUT2D eigenvalue weighted by atomic mass is 10.0. The fraction of sp³-hybridized carbons (Fsp3) is 0.778. The van der Waals surface area contributed by atoms with E-state index in [-0.39, 0.29) is 24.5 Å². The number of carbonyl (C=O) groups is 4. The van der Waals surface area contributed by atoms with Gasteiger partial charge in [0.15, 0.2) is 0 Å². The monoisotopic (exact) mass is 466 g/mol. The van der Waals surface area contributed by atoms with Crippen LogP contribution in [0.25, 0.3) is 0 Å². The number of aliphatic carboxylic acids is 1.